The van der Waals surface area contributed by atoms with Crippen molar-refractivity contribution in [1.82, 2.24) is 9.71 Å². The molecule has 0 amide bonds. The summed E-state index contributed by atoms with van der Waals surface area (Å²) in [6, 6.07) is 5.96. The second kappa shape index (κ2) is 7.48. The monoisotopic (exact) mass is 332 g/mol. The van der Waals surface area contributed by atoms with Crippen molar-refractivity contribution in [1.29, 1.82) is 0 Å². The Hall–Kier alpha value is -0.100. The van der Waals surface area contributed by atoms with Crippen molar-refractivity contribution in [3.8, 4) is 0 Å². The van der Waals surface area contributed by atoms with Crippen LogP contribution in [0.15, 0.2) is 22.8 Å². The number of aryl methyl sites for hydroxylation is 1. The van der Waals surface area contributed by atoms with Crippen LogP contribution >= 0.6 is 15.9 Å². The lowest BCUT2D eigenvalue weighted by atomic mass is 10.2. The lowest BCUT2D eigenvalue weighted by Gasteiger charge is -2.23. The third-order valence-corrected chi connectivity index (χ3v) is 4.44. The Kier molecular flexibility index (Phi) is 6.63. The molecule has 0 radical (unpaired) electrons. The van der Waals surface area contributed by atoms with E-state index >= 15 is 0 Å². The van der Waals surface area contributed by atoms with Crippen LogP contribution in [0, 0.1) is 0 Å². The normalized spacial score (nSPS) is 13.6. The molecule has 0 aliphatic carbocycles. The molecule has 1 unspecified atom stereocenters. The summed E-state index contributed by atoms with van der Waals surface area (Å²) < 4.78 is 15.5. The maximum absolute atomic E-state index is 11.7. The molecule has 1 atom stereocenters. The highest BCUT2D eigenvalue weighted by Crippen LogP contribution is 2.13. The smallest absolute Gasteiger partial charge is 0.136 e. The molecule has 1 N–H and O–H groups in total. The molecule has 18 heavy (non-hydrogen) atoms. The molecular weight excluding hydrogens is 312 g/mol. The lowest BCUT2D eigenvalue weighted by molar-refractivity contribution is 0.540. The average Bonchev–Trinajstić information content (AvgIpc) is 2.27. The van der Waals surface area contributed by atoms with Gasteiger partial charge in [0.15, 0.2) is 0 Å². The number of rotatable bonds is 6. The second-order valence-electron chi connectivity index (χ2n) is 5.18. The molecule has 1 heterocycles. The van der Waals surface area contributed by atoms with E-state index in [1.54, 1.807) is 0 Å². The van der Waals surface area contributed by atoms with Gasteiger partial charge in [-0.3, -0.25) is 0 Å². The van der Waals surface area contributed by atoms with Crippen LogP contribution in [0.4, 0.5) is 0 Å². The fourth-order valence-electron chi connectivity index (χ4n) is 1.40. The predicted molar refractivity (Wildman–Crippen MR) is 80.8 cm³/mol. The molecule has 0 saturated carbocycles. The van der Waals surface area contributed by atoms with Crippen LogP contribution in [-0.4, -0.2) is 20.8 Å². The van der Waals surface area contributed by atoms with Crippen molar-refractivity contribution in [2.24, 2.45) is 0 Å². The van der Waals surface area contributed by atoms with Gasteiger partial charge in [-0.05, 0) is 68.1 Å². The first-order valence-corrected chi connectivity index (χ1v) is 8.11. The van der Waals surface area contributed by atoms with Crippen LogP contribution in [0.2, 0.25) is 0 Å². The summed E-state index contributed by atoms with van der Waals surface area (Å²) >= 11 is 2.40. The molecule has 0 bridgehead atoms. The lowest BCUT2D eigenvalue weighted by Crippen LogP contribution is -2.39. The predicted octanol–water partition coefficient (Wildman–Crippen LogP) is 3.22. The number of pyridine rings is 1. The summed E-state index contributed by atoms with van der Waals surface area (Å²) in [5, 5.41) is 0. The number of hydrogen-bond acceptors (Lipinski definition) is 3. The van der Waals surface area contributed by atoms with Gasteiger partial charge in [-0.25, -0.2) is 4.98 Å². The summed E-state index contributed by atoms with van der Waals surface area (Å²) in [5.41, 5.74) is 1.10. The number of aromatic nitrogens is 1. The fourth-order valence-corrected chi connectivity index (χ4v) is 2.55. The number of hydrogen-bond donors (Lipinski definition) is 1. The Balaban J connectivity index is 2.16. The summed E-state index contributed by atoms with van der Waals surface area (Å²) in [4.78, 5) is 4.38. The van der Waals surface area contributed by atoms with Crippen LogP contribution in [-0.2, 0) is 17.8 Å². The molecule has 1 aromatic rings. The first-order chi connectivity index (χ1) is 8.39. The van der Waals surface area contributed by atoms with E-state index in [0.717, 1.165) is 36.1 Å². The maximum Gasteiger partial charge on any atom is 0.136 e. The summed E-state index contributed by atoms with van der Waals surface area (Å²) in [6.07, 6.45) is 3.02. The van der Waals surface area contributed by atoms with E-state index in [9.17, 15) is 4.55 Å². The molecule has 5 heteroatoms. The van der Waals surface area contributed by atoms with Gasteiger partial charge < -0.3 is 4.55 Å². The zero-order valence-electron chi connectivity index (χ0n) is 11.2. The zero-order valence-corrected chi connectivity index (χ0v) is 13.6. The summed E-state index contributed by atoms with van der Waals surface area (Å²) in [5.74, 6) is 0. The zero-order chi connectivity index (χ0) is 13.6. The molecule has 102 valence electrons. The van der Waals surface area contributed by atoms with Gasteiger partial charge in [-0.2, -0.15) is 0 Å². The third-order valence-electron chi connectivity index (χ3n) is 2.42. The van der Waals surface area contributed by atoms with Gasteiger partial charge >= 0.3 is 0 Å². The standard InChI is InChI=1S/C13H21BrN2OS/c1-13(2,3)18(17)15-10-5-4-7-11-8-6-9-12(14)16-11/h6,8-9,15H,4-5,7,10H2,1-3H3. The van der Waals surface area contributed by atoms with Crippen LogP contribution in [0.25, 0.3) is 0 Å². The number of unbranched alkanes of at least 4 members (excludes halogenated alkanes) is 1. The first kappa shape index (κ1) is 16.0. The van der Waals surface area contributed by atoms with Crippen LogP contribution in [0.5, 0.6) is 0 Å². The second-order valence-corrected chi connectivity index (χ2v) is 8.05. The van der Waals surface area contributed by atoms with Crippen molar-refractivity contribution in [2.45, 2.75) is 44.8 Å². The molecule has 3 nitrogen and oxygen atoms in total. The molecule has 0 aliphatic heterocycles. The van der Waals surface area contributed by atoms with Crippen molar-refractivity contribution < 1.29 is 4.55 Å². The Morgan fingerprint density at radius 3 is 2.67 bits per heavy atom. The minimum absolute atomic E-state index is 0.189. The largest absolute Gasteiger partial charge is 0.598 e. The molecule has 0 saturated heterocycles. The van der Waals surface area contributed by atoms with Crippen LogP contribution in [0.3, 0.4) is 0 Å². The van der Waals surface area contributed by atoms with Gasteiger partial charge in [0.05, 0.1) is 0 Å². The molecule has 0 spiro atoms. The Labute approximate surface area is 121 Å². The van der Waals surface area contributed by atoms with Gasteiger partial charge in [0.2, 0.25) is 0 Å². The molecular formula is C13H21BrN2OS. The first-order valence-electron chi connectivity index (χ1n) is 6.16. The fraction of sp³-hybridized carbons (Fsp3) is 0.615. The van der Waals surface area contributed by atoms with Crippen molar-refractivity contribution in [3.63, 3.8) is 0 Å². The van der Waals surface area contributed by atoms with Crippen molar-refractivity contribution >= 4 is 27.3 Å². The highest BCUT2D eigenvalue weighted by atomic mass is 79.9. The van der Waals surface area contributed by atoms with E-state index in [0.29, 0.717) is 0 Å². The van der Waals surface area contributed by atoms with E-state index in [2.05, 4.69) is 25.6 Å². The number of nitrogens with zero attached hydrogens (tertiary/aromatic N) is 1. The number of nitrogens with one attached hydrogen (secondary N) is 1. The topological polar surface area (TPSA) is 48.0 Å². The molecule has 0 fully saturated rings. The van der Waals surface area contributed by atoms with Gasteiger partial charge in [0, 0.05) is 23.6 Å². The quantitative estimate of drug-likeness (QED) is 0.494. The minimum Gasteiger partial charge on any atom is -0.598 e. The summed E-state index contributed by atoms with van der Waals surface area (Å²) in [7, 11) is 0. The highest BCUT2D eigenvalue weighted by Gasteiger charge is 2.25. The number of halogens is 1. The maximum atomic E-state index is 11.7. The molecule has 0 aromatic carbocycles. The van der Waals surface area contributed by atoms with E-state index in [1.165, 1.54) is 0 Å². The Morgan fingerprint density at radius 2 is 2.06 bits per heavy atom. The van der Waals surface area contributed by atoms with Crippen molar-refractivity contribution in [3.05, 3.63) is 28.5 Å². The minimum atomic E-state index is -0.962. The third kappa shape index (κ3) is 6.18. The van der Waals surface area contributed by atoms with E-state index < -0.39 is 11.4 Å². The van der Waals surface area contributed by atoms with Gasteiger partial charge in [-0.15, -0.1) is 4.72 Å². The molecule has 1 aromatic heterocycles. The molecule has 0 aliphatic rings. The van der Waals surface area contributed by atoms with Crippen molar-refractivity contribution in [2.75, 3.05) is 6.54 Å². The van der Waals surface area contributed by atoms with E-state index in [1.807, 2.05) is 39.0 Å². The van der Waals surface area contributed by atoms with Gasteiger partial charge in [0.25, 0.3) is 0 Å². The van der Waals surface area contributed by atoms with Crippen LogP contribution < -0.4 is 4.72 Å². The SMILES string of the molecule is CC(C)(C)[S+]([O-])NCCCCc1cccc(Br)n1. The summed E-state index contributed by atoms with van der Waals surface area (Å²) in [6.45, 7) is 6.71. The van der Waals surface area contributed by atoms with Crippen LogP contribution in [0.1, 0.15) is 39.3 Å². The highest BCUT2D eigenvalue weighted by molar-refractivity contribution is 9.10. The van der Waals surface area contributed by atoms with Gasteiger partial charge in [-0.1, -0.05) is 6.07 Å². The molecule has 1 rings (SSSR count). The van der Waals surface area contributed by atoms with E-state index in [4.69, 9.17) is 0 Å². The van der Waals surface area contributed by atoms with E-state index in [-0.39, 0.29) is 4.75 Å². The Bertz CT molecular complexity index is 368. The van der Waals surface area contributed by atoms with Gasteiger partial charge in [0.1, 0.15) is 9.35 Å². The average molecular weight is 333 g/mol. The Morgan fingerprint density at radius 1 is 1.33 bits per heavy atom.